The lowest BCUT2D eigenvalue weighted by Crippen LogP contribution is -2.14. The fourth-order valence-corrected chi connectivity index (χ4v) is 2.07. The molecule has 0 radical (unpaired) electrons. The van der Waals surface area contributed by atoms with Gasteiger partial charge in [0.2, 0.25) is 0 Å². The van der Waals surface area contributed by atoms with Crippen molar-refractivity contribution in [1.82, 2.24) is 0 Å². The average molecular weight is 230 g/mol. The van der Waals surface area contributed by atoms with E-state index in [0.29, 0.717) is 12.8 Å². The molecule has 0 fully saturated rings. The summed E-state index contributed by atoms with van der Waals surface area (Å²) in [7, 11) is 1.35. The third kappa shape index (κ3) is 2.61. The predicted molar refractivity (Wildman–Crippen MR) is 64.5 cm³/mol. The Kier molecular flexibility index (Phi) is 3.38. The second kappa shape index (κ2) is 4.95. The van der Waals surface area contributed by atoms with Crippen molar-refractivity contribution < 1.29 is 14.3 Å². The van der Waals surface area contributed by atoms with E-state index in [0.717, 1.165) is 17.5 Å². The zero-order valence-corrected chi connectivity index (χ0v) is 9.73. The van der Waals surface area contributed by atoms with Crippen molar-refractivity contribution in [3.8, 4) is 0 Å². The number of ether oxygens (including phenoxy) is 1. The maximum absolute atomic E-state index is 11.4. The monoisotopic (exact) mass is 230 g/mol. The van der Waals surface area contributed by atoms with Crippen molar-refractivity contribution in [2.75, 3.05) is 7.11 Å². The minimum atomic E-state index is -0.366. The van der Waals surface area contributed by atoms with Gasteiger partial charge in [0.05, 0.1) is 7.11 Å². The van der Waals surface area contributed by atoms with Gasteiger partial charge in [-0.1, -0.05) is 18.2 Å². The highest BCUT2D eigenvalue weighted by Crippen LogP contribution is 2.23. The Morgan fingerprint density at radius 1 is 1.35 bits per heavy atom. The Morgan fingerprint density at radius 2 is 2.18 bits per heavy atom. The summed E-state index contributed by atoms with van der Waals surface area (Å²) in [5.41, 5.74) is 3.25. The number of Topliss-reactive ketones (excluding diaryl/α,β-unsaturated/α-hetero) is 1. The average Bonchev–Trinajstić information content (AvgIpc) is 2.35. The number of hydrogen-bond donors (Lipinski definition) is 0. The van der Waals surface area contributed by atoms with Crippen LogP contribution in [-0.4, -0.2) is 18.9 Å². The van der Waals surface area contributed by atoms with Crippen molar-refractivity contribution >= 4 is 17.8 Å². The highest BCUT2D eigenvalue weighted by Gasteiger charge is 2.16. The van der Waals surface area contributed by atoms with Gasteiger partial charge in [0.1, 0.15) is 5.78 Å². The van der Waals surface area contributed by atoms with Gasteiger partial charge in [0.25, 0.3) is 0 Å². The Balaban J connectivity index is 2.30. The minimum Gasteiger partial charge on any atom is -0.466 e. The molecule has 0 saturated heterocycles. The topological polar surface area (TPSA) is 43.4 Å². The summed E-state index contributed by atoms with van der Waals surface area (Å²) in [6.45, 7) is 0. The van der Waals surface area contributed by atoms with E-state index in [4.69, 9.17) is 0 Å². The van der Waals surface area contributed by atoms with Crippen molar-refractivity contribution in [3.63, 3.8) is 0 Å². The molecule has 88 valence electrons. The molecule has 2 rings (SSSR count). The van der Waals surface area contributed by atoms with E-state index in [9.17, 15) is 9.59 Å². The Hall–Kier alpha value is -1.90. The molecule has 0 aliphatic heterocycles. The van der Waals surface area contributed by atoms with Gasteiger partial charge in [-0.15, -0.1) is 0 Å². The molecule has 0 atom stereocenters. The molecule has 1 aliphatic carbocycles. The van der Waals surface area contributed by atoms with Crippen LogP contribution in [0.4, 0.5) is 0 Å². The summed E-state index contributed by atoms with van der Waals surface area (Å²) in [6.07, 6.45) is 5.02. The first kappa shape index (κ1) is 11.6. The van der Waals surface area contributed by atoms with Crippen molar-refractivity contribution in [2.24, 2.45) is 0 Å². The number of ketones is 1. The van der Waals surface area contributed by atoms with E-state index in [2.05, 4.69) is 4.74 Å². The van der Waals surface area contributed by atoms with Crippen LogP contribution < -0.4 is 0 Å². The Bertz CT molecular complexity index is 486. The number of benzene rings is 1. The number of fused-ring (bicyclic) bond motifs is 1. The maximum atomic E-state index is 11.4. The second-order valence-corrected chi connectivity index (χ2v) is 4.06. The van der Waals surface area contributed by atoms with Gasteiger partial charge >= 0.3 is 5.97 Å². The molecule has 0 aromatic heterocycles. The van der Waals surface area contributed by atoms with Crippen LogP contribution in [0, 0.1) is 0 Å². The molecule has 3 nitrogen and oxygen atoms in total. The highest BCUT2D eigenvalue weighted by atomic mass is 16.5. The fourth-order valence-electron chi connectivity index (χ4n) is 2.07. The number of esters is 1. The lowest BCUT2D eigenvalue weighted by Gasteiger charge is -2.16. The molecule has 1 aromatic rings. The minimum absolute atomic E-state index is 0.284. The van der Waals surface area contributed by atoms with Gasteiger partial charge < -0.3 is 4.74 Å². The number of methoxy groups -OCH3 is 1. The zero-order valence-electron chi connectivity index (χ0n) is 9.73. The van der Waals surface area contributed by atoms with Crippen LogP contribution in [-0.2, 0) is 27.2 Å². The highest BCUT2D eigenvalue weighted by molar-refractivity contribution is 5.88. The lowest BCUT2D eigenvalue weighted by atomic mass is 9.87. The number of carbonyl (C=O) groups excluding carboxylic acids is 2. The van der Waals surface area contributed by atoms with Crippen LogP contribution in [0.2, 0.25) is 0 Å². The molecule has 1 aromatic carbocycles. The van der Waals surface area contributed by atoms with Gasteiger partial charge in [0.15, 0.2) is 0 Å². The fraction of sp³-hybridized carbons (Fsp3) is 0.286. The lowest BCUT2D eigenvalue weighted by molar-refractivity contribution is -0.134. The molecular formula is C14H14O3. The van der Waals surface area contributed by atoms with Gasteiger partial charge in [-0.3, -0.25) is 4.79 Å². The molecular weight excluding hydrogens is 216 g/mol. The van der Waals surface area contributed by atoms with Crippen molar-refractivity contribution in [3.05, 3.63) is 41.0 Å². The van der Waals surface area contributed by atoms with Gasteiger partial charge in [-0.2, -0.15) is 0 Å². The van der Waals surface area contributed by atoms with Crippen molar-refractivity contribution in [2.45, 2.75) is 19.3 Å². The molecule has 0 N–H and O–H groups in total. The third-order valence-corrected chi connectivity index (χ3v) is 2.95. The quantitative estimate of drug-likeness (QED) is 0.576. The van der Waals surface area contributed by atoms with E-state index in [1.54, 1.807) is 6.08 Å². The van der Waals surface area contributed by atoms with Crippen molar-refractivity contribution in [1.29, 1.82) is 0 Å². The number of rotatable bonds is 2. The van der Waals surface area contributed by atoms with E-state index in [1.807, 2.05) is 18.2 Å². The first-order valence-electron chi connectivity index (χ1n) is 5.59. The Morgan fingerprint density at radius 3 is 2.94 bits per heavy atom. The van der Waals surface area contributed by atoms with Crippen LogP contribution in [0.5, 0.6) is 0 Å². The van der Waals surface area contributed by atoms with Crippen LogP contribution in [0.25, 0.3) is 6.08 Å². The molecule has 1 aliphatic rings. The normalized spacial score (nSPS) is 14.8. The molecule has 0 saturated carbocycles. The molecule has 0 amide bonds. The van der Waals surface area contributed by atoms with Crippen LogP contribution in [0.1, 0.15) is 23.1 Å². The van der Waals surface area contributed by atoms with E-state index < -0.39 is 0 Å². The standard InChI is InChI=1S/C14H14O3/c1-17-14(16)8-5-10-3-2-4-11-9-12(15)6-7-13(10)11/h2-5,8H,6-7,9H2,1H3. The molecule has 0 spiro atoms. The Labute approximate surface area is 100 Å². The molecule has 17 heavy (non-hydrogen) atoms. The summed E-state index contributed by atoms with van der Waals surface area (Å²) >= 11 is 0. The molecule has 0 heterocycles. The van der Waals surface area contributed by atoms with Crippen LogP contribution in [0.15, 0.2) is 24.3 Å². The SMILES string of the molecule is COC(=O)C=Cc1cccc2c1CCC(=O)C2. The van der Waals surface area contributed by atoms with Crippen LogP contribution >= 0.6 is 0 Å². The summed E-state index contributed by atoms with van der Waals surface area (Å²) in [6, 6.07) is 5.84. The molecule has 3 heteroatoms. The van der Waals surface area contributed by atoms with E-state index in [-0.39, 0.29) is 11.8 Å². The van der Waals surface area contributed by atoms with Gasteiger partial charge in [-0.25, -0.2) is 4.79 Å². The zero-order chi connectivity index (χ0) is 12.3. The second-order valence-electron chi connectivity index (χ2n) is 4.06. The van der Waals surface area contributed by atoms with Crippen LogP contribution in [0.3, 0.4) is 0 Å². The van der Waals surface area contributed by atoms with Gasteiger partial charge in [-0.05, 0) is 29.2 Å². The van der Waals surface area contributed by atoms with E-state index in [1.165, 1.54) is 18.7 Å². The smallest absolute Gasteiger partial charge is 0.330 e. The largest absolute Gasteiger partial charge is 0.466 e. The maximum Gasteiger partial charge on any atom is 0.330 e. The summed E-state index contributed by atoms with van der Waals surface area (Å²) in [4.78, 5) is 22.4. The molecule has 0 unspecified atom stereocenters. The first-order valence-corrected chi connectivity index (χ1v) is 5.59. The van der Waals surface area contributed by atoms with E-state index >= 15 is 0 Å². The van der Waals surface area contributed by atoms with Gasteiger partial charge in [0, 0.05) is 18.9 Å². The summed E-state index contributed by atoms with van der Waals surface area (Å²) in [5.74, 6) is -0.0823. The summed E-state index contributed by atoms with van der Waals surface area (Å²) < 4.78 is 4.55. The number of carbonyl (C=O) groups is 2. The predicted octanol–water partition coefficient (Wildman–Crippen LogP) is 1.93. The molecule has 0 bridgehead atoms. The number of hydrogen-bond acceptors (Lipinski definition) is 3. The first-order chi connectivity index (χ1) is 8.20. The summed E-state index contributed by atoms with van der Waals surface area (Å²) in [5, 5.41) is 0. The third-order valence-electron chi connectivity index (χ3n) is 2.95.